The first kappa shape index (κ1) is 8.84. The van der Waals surface area contributed by atoms with Crippen LogP contribution in [-0.2, 0) is 22.0 Å². The summed E-state index contributed by atoms with van der Waals surface area (Å²) in [6.07, 6.45) is 3.96. The lowest BCUT2D eigenvalue weighted by Crippen LogP contribution is -2.19. The van der Waals surface area contributed by atoms with Gasteiger partial charge in [-0.2, -0.15) is 0 Å². The van der Waals surface area contributed by atoms with Crippen LogP contribution in [0, 0.1) is 0 Å². The molecule has 0 aliphatic carbocycles. The minimum atomic E-state index is -2.95. The van der Waals surface area contributed by atoms with Crippen LogP contribution in [0.3, 0.4) is 0 Å². The predicted molar refractivity (Wildman–Crippen MR) is 54.2 cm³/mol. The Morgan fingerprint density at radius 3 is 3.13 bits per heavy atom. The topological polar surface area (TPSA) is 64.3 Å². The highest BCUT2D eigenvalue weighted by Crippen LogP contribution is 2.20. The average molecular weight is 223 g/mol. The molecule has 1 aliphatic heterocycles. The molecule has 0 N–H and O–H groups in total. The van der Waals surface area contributed by atoms with Gasteiger partial charge in [0.1, 0.15) is 0 Å². The Morgan fingerprint density at radius 1 is 1.40 bits per heavy atom. The van der Waals surface area contributed by atoms with Crippen LogP contribution in [0.25, 0.3) is 5.78 Å². The van der Waals surface area contributed by atoms with Crippen molar-refractivity contribution in [3.63, 3.8) is 0 Å². The Hall–Kier alpha value is -1.43. The van der Waals surface area contributed by atoms with Gasteiger partial charge in [0, 0.05) is 18.8 Å². The van der Waals surface area contributed by atoms with Gasteiger partial charge in [-0.3, -0.25) is 4.40 Å². The molecule has 0 amide bonds. The van der Waals surface area contributed by atoms with E-state index in [0.717, 1.165) is 11.4 Å². The Bertz CT molecular complexity index is 630. The summed E-state index contributed by atoms with van der Waals surface area (Å²) in [5.74, 6) is 0.860. The second-order valence-electron chi connectivity index (χ2n) is 3.64. The van der Waals surface area contributed by atoms with Crippen LogP contribution in [-0.4, -0.2) is 28.5 Å². The highest BCUT2D eigenvalue weighted by atomic mass is 32.2. The van der Waals surface area contributed by atoms with Gasteiger partial charge in [-0.1, -0.05) is 0 Å². The normalized spacial score (nSPS) is 18.9. The average Bonchev–Trinajstić information content (AvgIpc) is 2.55. The summed E-state index contributed by atoms with van der Waals surface area (Å²) in [6, 6.07) is 1.77. The van der Waals surface area contributed by atoms with Crippen molar-refractivity contribution in [1.29, 1.82) is 0 Å². The first-order valence-electron chi connectivity index (χ1n) is 4.67. The fraction of sp³-hybridized carbons (Fsp3) is 0.333. The van der Waals surface area contributed by atoms with Crippen LogP contribution in [0.5, 0.6) is 0 Å². The van der Waals surface area contributed by atoms with E-state index in [1.807, 2.05) is 0 Å². The van der Waals surface area contributed by atoms with E-state index in [1.54, 1.807) is 22.9 Å². The maximum absolute atomic E-state index is 11.5. The molecule has 1 aliphatic rings. The van der Waals surface area contributed by atoms with Crippen LogP contribution in [0.1, 0.15) is 11.4 Å². The number of sulfone groups is 1. The van der Waals surface area contributed by atoms with Gasteiger partial charge >= 0.3 is 0 Å². The number of aryl methyl sites for hydroxylation is 1. The number of hydrogen-bond acceptors (Lipinski definition) is 4. The van der Waals surface area contributed by atoms with Crippen LogP contribution in [0.4, 0.5) is 0 Å². The molecule has 0 radical (unpaired) electrons. The number of hydrogen-bond donors (Lipinski definition) is 0. The van der Waals surface area contributed by atoms with E-state index >= 15 is 0 Å². The number of aromatic nitrogens is 3. The summed E-state index contributed by atoms with van der Waals surface area (Å²) < 4.78 is 24.7. The smallest absolute Gasteiger partial charge is 0.234 e. The molecule has 3 rings (SSSR count). The van der Waals surface area contributed by atoms with Crippen molar-refractivity contribution >= 4 is 15.6 Å². The van der Waals surface area contributed by atoms with Gasteiger partial charge in [-0.05, 0) is 6.07 Å². The van der Waals surface area contributed by atoms with E-state index in [1.165, 1.54) is 0 Å². The Morgan fingerprint density at radius 2 is 2.27 bits per heavy atom. The van der Waals surface area contributed by atoms with E-state index in [-0.39, 0.29) is 11.5 Å². The van der Waals surface area contributed by atoms with Crippen molar-refractivity contribution in [3.8, 4) is 0 Å². The number of imidazole rings is 1. The zero-order chi connectivity index (χ0) is 10.5. The van der Waals surface area contributed by atoms with Gasteiger partial charge in [0.05, 0.1) is 22.9 Å². The van der Waals surface area contributed by atoms with Crippen LogP contribution >= 0.6 is 0 Å². The molecule has 6 heteroatoms. The summed E-state index contributed by atoms with van der Waals surface area (Å²) in [5.41, 5.74) is 1.63. The van der Waals surface area contributed by atoms with E-state index in [4.69, 9.17) is 0 Å². The molecule has 0 fully saturated rings. The maximum Gasteiger partial charge on any atom is 0.234 e. The summed E-state index contributed by atoms with van der Waals surface area (Å²) in [5, 5.41) is 0. The van der Waals surface area contributed by atoms with Crippen molar-refractivity contribution in [2.45, 2.75) is 12.2 Å². The lowest BCUT2D eigenvalue weighted by molar-refractivity contribution is 0.590. The van der Waals surface area contributed by atoms with Crippen molar-refractivity contribution in [2.24, 2.45) is 0 Å². The third-order valence-corrected chi connectivity index (χ3v) is 4.13. The molecule has 0 spiro atoms. The molecule has 2 aromatic rings. The lowest BCUT2D eigenvalue weighted by Gasteiger charge is -2.10. The third-order valence-electron chi connectivity index (χ3n) is 2.59. The van der Waals surface area contributed by atoms with Crippen molar-refractivity contribution in [3.05, 3.63) is 29.8 Å². The summed E-state index contributed by atoms with van der Waals surface area (Å²) in [4.78, 5) is 8.40. The standard InChI is InChI=1S/C9H9N3O2S/c13-15(14)5-2-7-8(6-15)12-4-1-3-10-9(12)11-7/h1,3-4H,2,5-6H2. The third kappa shape index (κ3) is 1.32. The monoisotopic (exact) mass is 223 g/mol. The molecule has 0 unspecified atom stereocenters. The molecular weight excluding hydrogens is 214 g/mol. The van der Waals surface area contributed by atoms with Crippen molar-refractivity contribution in [1.82, 2.24) is 14.4 Å². The minimum absolute atomic E-state index is 0.0786. The number of nitrogens with zero attached hydrogens (tertiary/aromatic N) is 3. The number of fused-ring (bicyclic) bond motifs is 3. The fourth-order valence-corrected chi connectivity index (χ4v) is 3.24. The van der Waals surface area contributed by atoms with Gasteiger partial charge in [-0.15, -0.1) is 0 Å². The zero-order valence-corrected chi connectivity index (χ0v) is 8.74. The quantitative estimate of drug-likeness (QED) is 0.640. The molecule has 5 nitrogen and oxygen atoms in total. The molecular formula is C9H9N3O2S. The SMILES string of the molecule is O=S1(=O)CCc2nc3ncccn3c2C1. The predicted octanol–water partition coefficient (Wildman–Crippen LogP) is 0.200. The number of rotatable bonds is 0. The van der Waals surface area contributed by atoms with E-state index < -0.39 is 9.84 Å². The maximum atomic E-state index is 11.5. The molecule has 0 bridgehead atoms. The Kier molecular flexibility index (Phi) is 1.64. The first-order valence-corrected chi connectivity index (χ1v) is 6.49. The van der Waals surface area contributed by atoms with Crippen molar-refractivity contribution < 1.29 is 8.42 Å². The highest BCUT2D eigenvalue weighted by molar-refractivity contribution is 7.90. The second kappa shape index (κ2) is 2.79. The summed E-state index contributed by atoms with van der Waals surface area (Å²) in [7, 11) is -2.95. The fourth-order valence-electron chi connectivity index (χ4n) is 1.87. The Labute approximate surface area is 86.7 Å². The van der Waals surface area contributed by atoms with Crippen LogP contribution in [0.15, 0.2) is 18.5 Å². The first-order chi connectivity index (χ1) is 7.16. The van der Waals surface area contributed by atoms with Gasteiger partial charge in [0.2, 0.25) is 5.78 Å². The van der Waals surface area contributed by atoms with Gasteiger partial charge in [0.25, 0.3) is 0 Å². The summed E-state index contributed by atoms with van der Waals surface area (Å²) >= 11 is 0. The molecule has 78 valence electrons. The molecule has 2 aromatic heterocycles. The lowest BCUT2D eigenvalue weighted by atomic mass is 10.3. The molecule has 3 heterocycles. The molecule has 0 aromatic carbocycles. The van der Waals surface area contributed by atoms with E-state index in [9.17, 15) is 8.42 Å². The molecule has 15 heavy (non-hydrogen) atoms. The highest BCUT2D eigenvalue weighted by Gasteiger charge is 2.25. The van der Waals surface area contributed by atoms with E-state index in [0.29, 0.717) is 12.2 Å². The largest absolute Gasteiger partial charge is 0.287 e. The Balaban J connectivity index is 2.31. The van der Waals surface area contributed by atoms with E-state index in [2.05, 4.69) is 9.97 Å². The zero-order valence-electron chi connectivity index (χ0n) is 7.92. The van der Waals surface area contributed by atoms with Crippen molar-refractivity contribution in [2.75, 3.05) is 5.75 Å². The summed E-state index contributed by atoms with van der Waals surface area (Å²) in [6.45, 7) is 0. The van der Waals surface area contributed by atoms with Gasteiger partial charge in [0.15, 0.2) is 9.84 Å². The van der Waals surface area contributed by atoms with Gasteiger partial charge in [-0.25, -0.2) is 18.4 Å². The van der Waals surface area contributed by atoms with Crippen LogP contribution < -0.4 is 0 Å². The molecule has 0 atom stereocenters. The molecule has 0 saturated carbocycles. The molecule has 0 saturated heterocycles. The van der Waals surface area contributed by atoms with Gasteiger partial charge < -0.3 is 0 Å². The minimum Gasteiger partial charge on any atom is -0.287 e. The second-order valence-corrected chi connectivity index (χ2v) is 5.82. The van der Waals surface area contributed by atoms with Crippen LogP contribution in [0.2, 0.25) is 0 Å².